The molecule has 0 radical (unpaired) electrons. The summed E-state index contributed by atoms with van der Waals surface area (Å²) in [5.41, 5.74) is 3.58. The normalized spacial score (nSPS) is 16.2. The summed E-state index contributed by atoms with van der Waals surface area (Å²) in [6.45, 7) is 8.74. The van der Waals surface area contributed by atoms with E-state index in [2.05, 4.69) is 69.3 Å². The van der Waals surface area contributed by atoms with Gasteiger partial charge in [-0.2, -0.15) is 0 Å². The number of benzene rings is 1. The first-order valence-corrected chi connectivity index (χ1v) is 7.71. The Hall–Kier alpha value is -1.60. The minimum atomic E-state index is 0.160. The average molecular weight is 284 g/mol. The third-order valence-corrected chi connectivity index (χ3v) is 3.45. The number of hydrogen-bond donors (Lipinski definition) is 1. The number of aliphatic hydroxyl groups is 1. The third-order valence-electron chi connectivity index (χ3n) is 3.45. The molecule has 0 fully saturated rings. The van der Waals surface area contributed by atoms with Crippen molar-refractivity contribution in [2.75, 3.05) is 6.61 Å². The number of aliphatic hydroxyl groups excluding tert-OH is 1. The molecule has 0 bridgehead atoms. The van der Waals surface area contributed by atoms with Crippen LogP contribution in [0.15, 0.2) is 59.7 Å². The zero-order valence-corrected chi connectivity index (χ0v) is 13.7. The summed E-state index contributed by atoms with van der Waals surface area (Å²) < 4.78 is 0. The molecule has 1 N–H and O–H groups in total. The molecule has 0 spiro atoms. The van der Waals surface area contributed by atoms with E-state index < -0.39 is 0 Å². The fourth-order valence-corrected chi connectivity index (χ4v) is 2.56. The second kappa shape index (κ2) is 9.36. The fourth-order valence-electron chi connectivity index (χ4n) is 2.56. The minimum absolute atomic E-state index is 0.160. The van der Waals surface area contributed by atoms with Gasteiger partial charge in [0.1, 0.15) is 0 Å². The minimum Gasteiger partial charge on any atom is -0.392 e. The molecule has 0 heterocycles. The van der Waals surface area contributed by atoms with E-state index in [4.69, 9.17) is 5.11 Å². The molecule has 1 nitrogen and oxygen atoms in total. The predicted molar refractivity (Wildman–Crippen MR) is 93.0 cm³/mol. The van der Waals surface area contributed by atoms with Gasteiger partial charge in [-0.05, 0) is 37.7 Å². The summed E-state index contributed by atoms with van der Waals surface area (Å²) in [5, 5.41) is 9.05. The molecule has 1 aromatic carbocycles. The molecular formula is C20H28O. The second-order valence-electron chi connectivity index (χ2n) is 6.02. The molecule has 0 unspecified atom stereocenters. The molecule has 0 aromatic heterocycles. The zero-order valence-electron chi connectivity index (χ0n) is 13.7. The van der Waals surface area contributed by atoms with Gasteiger partial charge in [0.2, 0.25) is 0 Å². The van der Waals surface area contributed by atoms with Crippen LogP contribution in [0.2, 0.25) is 0 Å². The van der Waals surface area contributed by atoms with Crippen molar-refractivity contribution in [2.45, 2.75) is 34.1 Å². The maximum absolute atomic E-state index is 9.05. The second-order valence-corrected chi connectivity index (χ2v) is 6.02. The molecular weight excluding hydrogens is 256 g/mol. The van der Waals surface area contributed by atoms with Gasteiger partial charge in [-0.25, -0.2) is 0 Å². The molecule has 21 heavy (non-hydrogen) atoms. The van der Waals surface area contributed by atoms with E-state index in [1.807, 2.05) is 13.0 Å². The van der Waals surface area contributed by atoms with E-state index in [1.54, 1.807) is 0 Å². The number of hydrogen-bond acceptors (Lipinski definition) is 1. The lowest BCUT2D eigenvalue weighted by Gasteiger charge is -2.12. The first-order valence-electron chi connectivity index (χ1n) is 7.71. The summed E-state index contributed by atoms with van der Waals surface area (Å²) in [4.78, 5) is 0. The van der Waals surface area contributed by atoms with E-state index in [0.717, 1.165) is 12.0 Å². The Kier molecular flexibility index (Phi) is 7.78. The first-order chi connectivity index (χ1) is 10.0. The van der Waals surface area contributed by atoms with Crippen LogP contribution in [0.3, 0.4) is 0 Å². The molecule has 0 aliphatic rings. The molecule has 0 saturated carbocycles. The molecule has 0 saturated heterocycles. The Labute approximate surface area is 129 Å². The molecule has 0 amide bonds. The monoisotopic (exact) mass is 284 g/mol. The lowest BCUT2D eigenvalue weighted by molar-refractivity contribution is 0.329. The van der Waals surface area contributed by atoms with Gasteiger partial charge in [0, 0.05) is 0 Å². The van der Waals surface area contributed by atoms with Gasteiger partial charge < -0.3 is 5.11 Å². The SMILES string of the molecule is C/C(=C/[C@H](C)C[C@@H](C)/C=C(C)/C=C/c1ccccc1)CO. The van der Waals surface area contributed by atoms with Crippen molar-refractivity contribution >= 4 is 6.08 Å². The number of rotatable bonds is 7. The van der Waals surface area contributed by atoms with Crippen LogP contribution >= 0.6 is 0 Å². The lowest BCUT2D eigenvalue weighted by atomic mass is 9.94. The first kappa shape index (κ1) is 17.5. The molecule has 0 aliphatic carbocycles. The molecule has 114 valence electrons. The van der Waals surface area contributed by atoms with E-state index in [-0.39, 0.29) is 6.61 Å². The highest BCUT2D eigenvalue weighted by atomic mass is 16.3. The Morgan fingerprint density at radius 3 is 2.29 bits per heavy atom. The van der Waals surface area contributed by atoms with Gasteiger partial charge in [0.05, 0.1) is 6.61 Å². The topological polar surface area (TPSA) is 20.2 Å². The molecule has 1 heteroatoms. The fraction of sp³-hybridized carbons (Fsp3) is 0.400. The van der Waals surface area contributed by atoms with Crippen LogP contribution in [0, 0.1) is 11.8 Å². The molecule has 1 aromatic rings. The summed E-state index contributed by atoms with van der Waals surface area (Å²) in [6.07, 6.45) is 9.91. The van der Waals surface area contributed by atoms with Crippen molar-refractivity contribution in [1.29, 1.82) is 0 Å². The van der Waals surface area contributed by atoms with Gasteiger partial charge in [0.25, 0.3) is 0 Å². The quantitative estimate of drug-likeness (QED) is 0.536. The van der Waals surface area contributed by atoms with Crippen molar-refractivity contribution in [3.05, 3.63) is 65.3 Å². The maximum Gasteiger partial charge on any atom is 0.0639 e. The highest BCUT2D eigenvalue weighted by molar-refractivity contribution is 5.52. The van der Waals surface area contributed by atoms with Gasteiger partial charge in [0.15, 0.2) is 0 Å². The predicted octanol–water partition coefficient (Wildman–Crippen LogP) is 5.25. The van der Waals surface area contributed by atoms with Gasteiger partial charge in [-0.1, -0.05) is 79.6 Å². The van der Waals surface area contributed by atoms with E-state index in [9.17, 15) is 0 Å². The highest BCUT2D eigenvalue weighted by Crippen LogP contribution is 2.18. The van der Waals surface area contributed by atoms with Crippen LogP contribution in [-0.2, 0) is 0 Å². The molecule has 1 rings (SSSR count). The Bertz CT molecular complexity index is 494. The van der Waals surface area contributed by atoms with Crippen molar-refractivity contribution in [3.63, 3.8) is 0 Å². The highest BCUT2D eigenvalue weighted by Gasteiger charge is 2.04. The Morgan fingerprint density at radius 2 is 1.67 bits per heavy atom. The maximum atomic E-state index is 9.05. The third kappa shape index (κ3) is 7.67. The van der Waals surface area contributed by atoms with Crippen LogP contribution in [-0.4, -0.2) is 11.7 Å². The summed E-state index contributed by atoms with van der Waals surface area (Å²) >= 11 is 0. The van der Waals surface area contributed by atoms with Crippen LogP contribution in [0.5, 0.6) is 0 Å². The lowest BCUT2D eigenvalue weighted by Crippen LogP contribution is -2.00. The van der Waals surface area contributed by atoms with Crippen molar-refractivity contribution < 1.29 is 5.11 Å². The Morgan fingerprint density at radius 1 is 1.05 bits per heavy atom. The van der Waals surface area contributed by atoms with Gasteiger partial charge in [-0.15, -0.1) is 0 Å². The summed E-state index contributed by atoms with van der Waals surface area (Å²) in [5.74, 6) is 1.03. The van der Waals surface area contributed by atoms with Crippen LogP contribution in [0.25, 0.3) is 6.08 Å². The van der Waals surface area contributed by atoms with Crippen molar-refractivity contribution in [1.82, 2.24) is 0 Å². The average Bonchev–Trinajstić information content (AvgIpc) is 2.45. The van der Waals surface area contributed by atoms with Crippen molar-refractivity contribution in [2.24, 2.45) is 11.8 Å². The molecule has 0 aliphatic heterocycles. The van der Waals surface area contributed by atoms with Gasteiger partial charge in [-0.3, -0.25) is 0 Å². The Balaban J connectivity index is 2.55. The number of allylic oxidation sites excluding steroid dienone is 4. The smallest absolute Gasteiger partial charge is 0.0639 e. The standard InChI is InChI=1S/C20H28O/c1-16(10-11-20-8-6-5-7-9-20)12-17(2)13-18(3)14-19(4)15-21/h5-12,14,17-18,21H,13,15H2,1-4H3/b11-10+,16-12+,19-14-/t17-,18+/m0/s1. The van der Waals surface area contributed by atoms with E-state index in [0.29, 0.717) is 11.8 Å². The summed E-state index contributed by atoms with van der Waals surface area (Å²) in [6, 6.07) is 10.4. The van der Waals surface area contributed by atoms with Gasteiger partial charge >= 0.3 is 0 Å². The van der Waals surface area contributed by atoms with Crippen LogP contribution in [0.4, 0.5) is 0 Å². The van der Waals surface area contributed by atoms with Crippen LogP contribution < -0.4 is 0 Å². The summed E-state index contributed by atoms with van der Waals surface area (Å²) in [7, 11) is 0. The van der Waals surface area contributed by atoms with Crippen molar-refractivity contribution in [3.8, 4) is 0 Å². The zero-order chi connectivity index (χ0) is 15.7. The van der Waals surface area contributed by atoms with E-state index in [1.165, 1.54) is 11.1 Å². The molecule has 2 atom stereocenters. The van der Waals surface area contributed by atoms with E-state index >= 15 is 0 Å². The largest absolute Gasteiger partial charge is 0.392 e. The van der Waals surface area contributed by atoms with Crippen LogP contribution in [0.1, 0.15) is 39.7 Å².